The molecule has 3 rings (SSSR count). The minimum Gasteiger partial charge on any atom is -0.389 e. The number of nitrogens with one attached hydrogen (secondary N) is 2. The number of likely N-dealkylation sites (tertiary alicyclic amines) is 1. The average Bonchev–Trinajstić information content (AvgIpc) is 2.88. The van der Waals surface area contributed by atoms with Crippen LogP contribution in [0.2, 0.25) is 0 Å². The summed E-state index contributed by atoms with van der Waals surface area (Å²) in [5, 5.41) is 16.8. The molecular formula is C17H33N3O. The average molecular weight is 295 g/mol. The van der Waals surface area contributed by atoms with Crippen molar-refractivity contribution in [1.82, 2.24) is 15.5 Å². The monoisotopic (exact) mass is 295 g/mol. The van der Waals surface area contributed by atoms with Crippen molar-refractivity contribution in [2.75, 3.05) is 39.3 Å². The van der Waals surface area contributed by atoms with Crippen molar-refractivity contribution < 1.29 is 5.11 Å². The van der Waals surface area contributed by atoms with Gasteiger partial charge in [-0.2, -0.15) is 0 Å². The highest BCUT2D eigenvalue weighted by molar-refractivity contribution is 4.99. The Labute approximate surface area is 129 Å². The summed E-state index contributed by atoms with van der Waals surface area (Å²) in [7, 11) is 0. The molecule has 3 aliphatic rings. The number of rotatable bonds is 5. The van der Waals surface area contributed by atoms with E-state index in [-0.39, 0.29) is 0 Å². The first kappa shape index (κ1) is 15.7. The standard InChI is InChI=1S/C17H33N3O/c1-16(2,21)11-19-15-3-6-17(7-4-15)12-20(13-17)10-14-5-8-18-9-14/h14-15,18-19,21H,3-13H2,1-2H3/t14-/m1/s1. The van der Waals surface area contributed by atoms with E-state index in [1.807, 2.05) is 13.8 Å². The zero-order valence-electron chi connectivity index (χ0n) is 13.8. The van der Waals surface area contributed by atoms with Crippen LogP contribution in [-0.4, -0.2) is 60.9 Å². The van der Waals surface area contributed by atoms with Crippen LogP contribution in [0, 0.1) is 11.3 Å². The van der Waals surface area contributed by atoms with Gasteiger partial charge in [0, 0.05) is 32.2 Å². The SMILES string of the molecule is CC(C)(O)CNC1CCC2(CC1)CN(C[C@@H]1CCNC1)C2. The Balaban J connectivity index is 1.35. The third-order valence-corrected chi connectivity index (χ3v) is 5.67. The van der Waals surface area contributed by atoms with Gasteiger partial charge in [-0.25, -0.2) is 0 Å². The van der Waals surface area contributed by atoms with E-state index in [0.29, 0.717) is 18.0 Å². The van der Waals surface area contributed by atoms with Crippen LogP contribution >= 0.6 is 0 Å². The number of hydrogen-bond acceptors (Lipinski definition) is 4. The molecule has 122 valence electrons. The Morgan fingerprint density at radius 2 is 1.95 bits per heavy atom. The normalized spacial score (nSPS) is 30.7. The van der Waals surface area contributed by atoms with Crippen molar-refractivity contribution in [2.45, 2.75) is 57.6 Å². The van der Waals surface area contributed by atoms with Crippen molar-refractivity contribution in [3.05, 3.63) is 0 Å². The Morgan fingerprint density at radius 3 is 2.52 bits per heavy atom. The molecule has 0 unspecified atom stereocenters. The molecule has 1 aliphatic carbocycles. The summed E-state index contributed by atoms with van der Waals surface area (Å²) in [6.45, 7) is 10.9. The highest BCUT2D eigenvalue weighted by atomic mass is 16.3. The van der Waals surface area contributed by atoms with E-state index in [2.05, 4.69) is 15.5 Å². The van der Waals surface area contributed by atoms with Gasteiger partial charge in [-0.05, 0) is 70.4 Å². The second kappa shape index (κ2) is 6.15. The van der Waals surface area contributed by atoms with Gasteiger partial charge in [-0.1, -0.05) is 0 Å². The minimum atomic E-state index is -0.586. The lowest BCUT2D eigenvalue weighted by atomic mass is 9.67. The minimum absolute atomic E-state index is 0.586. The smallest absolute Gasteiger partial charge is 0.0715 e. The fourth-order valence-electron chi connectivity index (χ4n) is 4.41. The third kappa shape index (κ3) is 4.19. The zero-order chi connectivity index (χ0) is 14.9. The van der Waals surface area contributed by atoms with Crippen LogP contribution in [0.25, 0.3) is 0 Å². The molecule has 1 atom stereocenters. The van der Waals surface area contributed by atoms with Gasteiger partial charge in [0.05, 0.1) is 5.60 Å². The van der Waals surface area contributed by atoms with E-state index in [1.165, 1.54) is 64.8 Å². The van der Waals surface area contributed by atoms with Crippen LogP contribution in [0.4, 0.5) is 0 Å². The van der Waals surface area contributed by atoms with Gasteiger partial charge in [0.15, 0.2) is 0 Å². The van der Waals surface area contributed by atoms with Gasteiger partial charge in [0.25, 0.3) is 0 Å². The molecule has 0 aromatic heterocycles. The molecule has 3 fully saturated rings. The topological polar surface area (TPSA) is 47.5 Å². The van der Waals surface area contributed by atoms with Gasteiger partial charge in [0.1, 0.15) is 0 Å². The van der Waals surface area contributed by atoms with Crippen molar-refractivity contribution in [2.24, 2.45) is 11.3 Å². The Morgan fingerprint density at radius 1 is 1.24 bits per heavy atom. The predicted octanol–water partition coefficient (Wildman–Crippen LogP) is 1.20. The van der Waals surface area contributed by atoms with E-state index in [1.54, 1.807) is 0 Å². The highest BCUT2D eigenvalue weighted by Gasteiger charge is 2.45. The van der Waals surface area contributed by atoms with Crippen LogP contribution in [0.5, 0.6) is 0 Å². The maximum absolute atomic E-state index is 9.80. The molecule has 0 aromatic carbocycles. The summed E-state index contributed by atoms with van der Waals surface area (Å²) in [6, 6.07) is 0.620. The molecular weight excluding hydrogens is 262 g/mol. The fourth-order valence-corrected chi connectivity index (χ4v) is 4.41. The Hall–Kier alpha value is -0.160. The van der Waals surface area contributed by atoms with Gasteiger partial charge in [-0.3, -0.25) is 0 Å². The Bertz CT molecular complexity index is 330. The summed E-state index contributed by atoms with van der Waals surface area (Å²) < 4.78 is 0. The zero-order valence-corrected chi connectivity index (χ0v) is 13.8. The lowest BCUT2D eigenvalue weighted by molar-refractivity contribution is -0.0413. The second-order valence-corrected chi connectivity index (χ2v) is 8.50. The van der Waals surface area contributed by atoms with Crippen LogP contribution in [0.1, 0.15) is 46.0 Å². The molecule has 3 N–H and O–H groups in total. The summed E-state index contributed by atoms with van der Waals surface area (Å²) in [5.41, 5.74) is 0.0522. The third-order valence-electron chi connectivity index (χ3n) is 5.67. The predicted molar refractivity (Wildman–Crippen MR) is 86.4 cm³/mol. The van der Waals surface area contributed by atoms with Crippen molar-refractivity contribution in [3.63, 3.8) is 0 Å². The Kier molecular flexibility index (Phi) is 4.60. The van der Waals surface area contributed by atoms with Gasteiger partial charge < -0.3 is 20.6 Å². The van der Waals surface area contributed by atoms with Crippen LogP contribution in [-0.2, 0) is 0 Å². The summed E-state index contributed by atoms with van der Waals surface area (Å²) in [5.74, 6) is 0.896. The van der Waals surface area contributed by atoms with Crippen LogP contribution in [0.3, 0.4) is 0 Å². The maximum atomic E-state index is 9.80. The second-order valence-electron chi connectivity index (χ2n) is 8.50. The molecule has 4 nitrogen and oxygen atoms in total. The lowest BCUT2D eigenvalue weighted by Gasteiger charge is -2.54. The van der Waals surface area contributed by atoms with Gasteiger partial charge >= 0.3 is 0 Å². The van der Waals surface area contributed by atoms with Crippen molar-refractivity contribution in [1.29, 1.82) is 0 Å². The van der Waals surface area contributed by atoms with E-state index in [9.17, 15) is 5.11 Å². The molecule has 4 heteroatoms. The van der Waals surface area contributed by atoms with Gasteiger partial charge in [-0.15, -0.1) is 0 Å². The van der Waals surface area contributed by atoms with Crippen LogP contribution < -0.4 is 10.6 Å². The molecule has 0 aromatic rings. The molecule has 0 amide bonds. The molecule has 1 saturated carbocycles. The molecule has 2 heterocycles. The lowest BCUT2D eigenvalue weighted by Crippen LogP contribution is -2.59. The molecule has 2 saturated heterocycles. The highest BCUT2D eigenvalue weighted by Crippen LogP contribution is 2.44. The first-order valence-electron chi connectivity index (χ1n) is 8.83. The van der Waals surface area contributed by atoms with Crippen LogP contribution in [0.15, 0.2) is 0 Å². The molecule has 2 aliphatic heterocycles. The number of aliphatic hydroxyl groups is 1. The molecule has 21 heavy (non-hydrogen) atoms. The summed E-state index contributed by atoms with van der Waals surface area (Å²) in [4.78, 5) is 2.68. The summed E-state index contributed by atoms with van der Waals surface area (Å²) in [6.07, 6.45) is 6.68. The number of hydrogen-bond donors (Lipinski definition) is 3. The molecule has 0 radical (unpaired) electrons. The van der Waals surface area contributed by atoms with E-state index in [4.69, 9.17) is 0 Å². The summed E-state index contributed by atoms with van der Waals surface area (Å²) >= 11 is 0. The van der Waals surface area contributed by atoms with Gasteiger partial charge in [0.2, 0.25) is 0 Å². The number of nitrogens with zero attached hydrogens (tertiary/aromatic N) is 1. The molecule has 1 spiro atoms. The quantitative estimate of drug-likeness (QED) is 0.713. The van der Waals surface area contributed by atoms with Crippen molar-refractivity contribution >= 4 is 0 Å². The maximum Gasteiger partial charge on any atom is 0.0715 e. The van der Waals surface area contributed by atoms with E-state index < -0.39 is 5.60 Å². The van der Waals surface area contributed by atoms with Crippen molar-refractivity contribution in [3.8, 4) is 0 Å². The largest absolute Gasteiger partial charge is 0.389 e. The van der Waals surface area contributed by atoms with E-state index in [0.717, 1.165) is 5.92 Å². The van der Waals surface area contributed by atoms with E-state index >= 15 is 0 Å². The first-order chi connectivity index (χ1) is 9.94. The first-order valence-corrected chi connectivity index (χ1v) is 8.83. The molecule has 0 bridgehead atoms. The fraction of sp³-hybridized carbons (Fsp3) is 1.00.